The van der Waals surface area contributed by atoms with Crippen LogP contribution in [0.25, 0.3) is 0 Å². The van der Waals surface area contributed by atoms with E-state index < -0.39 is 5.97 Å². The van der Waals surface area contributed by atoms with Gasteiger partial charge in [-0.3, -0.25) is 4.79 Å². The molecule has 0 spiro atoms. The van der Waals surface area contributed by atoms with Gasteiger partial charge in [0.05, 0.1) is 11.8 Å². The fraction of sp³-hybridized carbons (Fsp3) is 0.136. The number of thioether (sulfide) groups is 1. The third kappa shape index (κ3) is 5.99. The maximum Gasteiger partial charge on any atom is 0.335 e. The van der Waals surface area contributed by atoms with Crippen molar-refractivity contribution in [3.8, 4) is 0 Å². The van der Waals surface area contributed by atoms with E-state index in [-0.39, 0.29) is 11.5 Å². The number of carbonyl (C=O) groups excluding carboxylic acids is 1. The molecule has 0 aliphatic rings. The lowest BCUT2D eigenvalue weighted by Gasteiger charge is -2.05. The Bertz CT molecular complexity index is 1060. The minimum Gasteiger partial charge on any atom is -0.478 e. The standard InChI is InChI=1S/C22H20N4O3S/c1-14-11-15(2)25-22(24-14)30-13-17-5-7-18(8-6-17)20(27)26-23-12-16-3-9-19(10-4-16)21(28)29/h3-12H,13H2,1-2H3,(H,26,27)(H,28,29). The largest absolute Gasteiger partial charge is 0.478 e. The normalized spacial score (nSPS) is 10.9. The molecular formula is C22H20N4O3S. The molecule has 2 aromatic carbocycles. The number of aromatic nitrogens is 2. The zero-order valence-corrected chi connectivity index (χ0v) is 17.3. The van der Waals surface area contributed by atoms with Crippen LogP contribution in [-0.4, -0.2) is 33.2 Å². The van der Waals surface area contributed by atoms with Crippen molar-refractivity contribution in [2.75, 3.05) is 0 Å². The van der Waals surface area contributed by atoms with Crippen LogP contribution in [0.4, 0.5) is 0 Å². The number of carboxylic acids is 1. The Kier molecular flexibility index (Phi) is 6.92. The Hall–Kier alpha value is -3.52. The number of carbonyl (C=O) groups is 2. The molecule has 7 nitrogen and oxygen atoms in total. The zero-order chi connectivity index (χ0) is 21.5. The smallest absolute Gasteiger partial charge is 0.335 e. The molecule has 3 aromatic rings. The molecule has 0 atom stereocenters. The Morgan fingerprint density at radius 1 is 1.00 bits per heavy atom. The second-order valence-corrected chi connectivity index (χ2v) is 7.49. The first-order valence-corrected chi connectivity index (χ1v) is 10.1. The first-order chi connectivity index (χ1) is 14.4. The van der Waals surface area contributed by atoms with E-state index in [9.17, 15) is 9.59 Å². The molecule has 1 aromatic heterocycles. The number of hydrogen-bond acceptors (Lipinski definition) is 6. The molecule has 0 saturated carbocycles. The summed E-state index contributed by atoms with van der Waals surface area (Å²) in [6.45, 7) is 3.89. The molecule has 3 rings (SSSR count). The van der Waals surface area contributed by atoms with Crippen LogP contribution in [0.3, 0.4) is 0 Å². The molecule has 0 aliphatic heterocycles. The number of hydrogen-bond donors (Lipinski definition) is 2. The summed E-state index contributed by atoms with van der Waals surface area (Å²) in [4.78, 5) is 31.9. The predicted octanol–water partition coefficient (Wildman–Crippen LogP) is 3.85. The average Bonchev–Trinajstić information content (AvgIpc) is 2.72. The summed E-state index contributed by atoms with van der Waals surface area (Å²) in [5, 5.41) is 13.5. The van der Waals surface area contributed by atoms with Crippen LogP contribution in [0.5, 0.6) is 0 Å². The number of aryl methyl sites for hydroxylation is 2. The zero-order valence-electron chi connectivity index (χ0n) is 16.5. The predicted molar refractivity (Wildman–Crippen MR) is 116 cm³/mol. The number of carboxylic acid groups (broad SMARTS) is 1. The van der Waals surface area contributed by atoms with Crippen molar-refractivity contribution in [2.45, 2.75) is 24.8 Å². The highest BCUT2D eigenvalue weighted by atomic mass is 32.2. The highest BCUT2D eigenvalue weighted by Gasteiger charge is 2.06. The van der Waals surface area contributed by atoms with Gasteiger partial charge in [0.1, 0.15) is 0 Å². The molecular weight excluding hydrogens is 400 g/mol. The lowest BCUT2D eigenvalue weighted by atomic mass is 10.1. The highest BCUT2D eigenvalue weighted by molar-refractivity contribution is 7.98. The second kappa shape index (κ2) is 9.80. The number of hydrazone groups is 1. The topological polar surface area (TPSA) is 105 Å². The molecule has 152 valence electrons. The molecule has 0 saturated heterocycles. The van der Waals surface area contributed by atoms with Crippen LogP contribution >= 0.6 is 11.8 Å². The molecule has 0 bridgehead atoms. The number of rotatable bonds is 7. The van der Waals surface area contributed by atoms with Gasteiger partial charge in [-0.25, -0.2) is 20.2 Å². The summed E-state index contributed by atoms with van der Waals surface area (Å²) in [6, 6.07) is 15.4. The summed E-state index contributed by atoms with van der Waals surface area (Å²) in [5.41, 5.74) is 6.77. The van der Waals surface area contributed by atoms with Crippen LogP contribution in [0.2, 0.25) is 0 Å². The Balaban J connectivity index is 1.53. The molecule has 2 N–H and O–H groups in total. The van der Waals surface area contributed by atoms with Crippen molar-refractivity contribution in [3.05, 3.63) is 88.2 Å². The number of nitrogens with zero attached hydrogens (tertiary/aromatic N) is 3. The summed E-state index contributed by atoms with van der Waals surface area (Å²) in [6.07, 6.45) is 1.46. The fourth-order valence-corrected chi connectivity index (χ4v) is 3.51. The average molecular weight is 420 g/mol. The fourth-order valence-electron chi connectivity index (χ4n) is 2.60. The van der Waals surface area contributed by atoms with Gasteiger partial charge in [-0.15, -0.1) is 0 Å². The third-order valence-corrected chi connectivity index (χ3v) is 5.00. The van der Waals surface area contributed by atoms with Crippen molar-refractivity contribution in [1.29, 1.82) is 0 Å². The Labute approximate surface area is 178 Å². The third-order valence-electron chi connectivity index (χ3n) is 4.08. The number of aromatic carboxylic acids is 1. The van der Waals surface area contributed by atoms with Gasteiger partial charge in [-0.1, -0.05) is 36.0 Å². The van der Waals surface area contributed by atoms with Crippen molar-refractivity contribution >= 4 is 29.9 Å². The molecule has 8 heteroatoms. The molecule has 0 fully saturated rings. The van der Waals surface area contributed by atoms with Crippen molar-refractivity contribution in [3.63, 3.8) is 0 Å². The SMILES string of the molecule is Cc1cc(C)nc(SCc2ccc(C(=O)NN=Cc3ccc(C(=O)O)cc3)cc2)n1. The van der Waals surface area contributed by atoms with E-state index >= 15 is 0 Å². The molecule has 0 radical (unpaired) electrons. The van der Waals surface area contributed by atoms with E-state index in [4.69, 9.17) is 5.11 Å². The first kappa shape index (κ1) is 21.2. The van der Waals surface area contributed by atoms with E-state index in [1.807, 2.05) is 32.0 Å². The van der Waals surface area contributed by atoms with Gasteiger partial charge < -0.3 is 5.11 Å². The lowest BCUT2D eigenvalue weighted by Crippen LogP contribution is -2.17. The lowest BCUT2D eigenvalue weighted by molar-refractivity contribution is 0.0696. The van der Waals surface area contributed by atoms with Crippen LogP contribution in [-0.2, 0) is 5.75 Å². The van der Waals surface area contributed by atoms with Gasteiger partial charge in [0.25, 0.3) is 5.91 Å². The summed E-state index contributed by atoms with van der Waals surface area (Å²) < 4.78 is 0. The molecule has 0 unspecified atom stereocenters. The molecule has 1 amide bonds. The minimum absolute atomic E-state index is 0.193. The molecule has 0 aliphatic carbocycles. The van der Waals surface area contributed by atoms with Crippen molar-refractivity contribution in [1.82, 2.24) is 15.4 Å². The quantitative estimate of drug-likeness (QED) is 0.260. The van der Waals surface area contributed by atoms with Crippen LogP contribution in [0, 0.1) is 13.8 Å². The second-order valence-electron chi connectivity index (χ2n) is 6.55. The monoisotopic (exact) mass is 420 g/mol. The summed E-state index contributed by atoms with van der Waals surface area (Å²) in [5.74, 6) is -0.615. The van der Waals surface area contributed by atoms with E-state index in [0.29, 0.717) is 16.9 Å². The number of nitrogens with one attached hydrogen (secondary N) is 1. The molecule has 1 heterocycles. The van der Waals surface area contributed by atoms with Crippen molar-refractivity contribution in [2.24, 2.45) is 5.10 Å². The van der Waals surface area contributed by atoms with E-state index in [1.165, 1.54) is 18.3 Å². The van der Waals surface area contributed by atoms with Gasteiger partial charge in [0.15, 0.2) is 5.16 Å². The van der Waals surface area contributed by atoms with Gasteiger partial charge in [-0.2, -0.15) is 5.10 Å². The summed E-state index contributed by atoms with van der Waals surface area (Å²) in [7, 11) is 0. The number of benzene rings is 2. The van der Waals surface area contributed by atoms with E-state index in [0.717, 1.165) is 22.1 Å². The van der Waals surface area contributed by atoms with Gasteiger partial charge in [-0.05, 0) is 55.3 Å². The Morgan fingerprint density at radius 3 is 2.20 bits per heavy atom. The van der Waals surface area contributed by atoms with Crippen molar-refractivity contribution < 1.29 is 14.7 Å². The van der Waals surface area contributed by atoms with Gasteiger partial charge in [0.2, 0.25) is 0 Å². The highest BCUT2D eigenvalue weighted by Crippen LogP contribution is 2.20. The van der Waals surface area contributed by atoms with Gasteiger partial charge >= 0.3 is 5.97 Å². The minimum atomic E-state index is -0.991. The number of amides is 1. The van der Waals surface area contributed by atoms with Crippen LogP contribution in [0.15, 0.2) is 64.9 Å². The summed E-state index contributed by atoms with van der Waals surface area (Å²) >= 11 is 1.55. The molecule has 30 heavy (non-hydrogen) atoms. The maximum absolute atomic E-state index is 12.2. The van der Waals surface area contributed by atoms with Crippen LogP contribution in [0.1, 0.15) is 43.2 Å². The van der Waals surface area contributed by atoms with Crippen LogP contribution < -0.4 is 5.43 Å². The maximum atomic E-state index is 12.2. The van der Waals surface area contributed by atoms with E-state index in [2.05, 4.69) is 20.5 Å². The first-order valence-electron chi connectivity index (χ1n) is 9.11. The van der Waals surface area contributed by atoms with Gasteiger partial charge in [0, 0.05) is 22.7 Å². The Morgan fingerprint density at radius 2 is 1.60 bits per heavy atom. The van der Waals surface area contributed by atoms with E-state index in [1.54, 1.807) is 36.0 Å².